The first-order valence-corrected chi connectivity index (χ1v) is 7.68. The number of rotatable bonds is 3. The Bertz CT molecular complexity index is 611. The first-order chi connectivity index (χ1) is 9.78. The number of nitrogens with two attached hydrogens (primary N) is 1. The molecule has 1 aromatic heterocycles. The van der Waals surface area contributed by atoms with Crippen LogP contribution in [0.3, 0.4) is 0 Å². The van der Waals surface area contributed by atoms with Crippen LogP contribution in [-0.4, -0.2) is 14.8 Å². The van der Waals surface area contributed by atoms with Gasteiger partial charge in [-0.3, -0.25) is 0 Å². The number of benzene rings is 1. The number of hydrogen-bond donors (Lipinski definition) is 1. The van der Waals surface area contributed by atoms with Gasteiger partial charge in [0.25, 0.3) is 0 Å². The van der Waals surface area contributed by atoms with Crippen LogP contribution in [0.1, 0.15) is 30.7 Å². The van der Waals surface area contributed by atoms with E-state index in [9.17, 15) is 4.39 Å². The number of halogens is 1. The Kier molecular flexibility index (Phi) is 4.03. The number of nitrogens with zero attached hydrogens (tertiary/aromatic N) is 3. The van der Waals surface area contributed by atoms with Crippen LogP contribution in [0.5, 0.6) is 0 Å². The smallest absolute Gasteiger partial charge is 0.196 e. The molecule has 0 unspecified atom stereocenters. The van der Waals surface area contributed by atoms with E-state index < -0.39 is 0 Å². The predicted molar refractivity (Wildman–Crippen MR) is 76.0 cm³/mol. The molecule has 0 fully saturated rings. The molecule has 4 nitrogen and oxygen atoms in total. The lowest BCUT2D eigenvalue weighted by atomic mass is 10.2. The first kappa shape index (κ1) is 13.6. The number of aromatic nitrogens is 3. The molecule has 3 rings (SSSR count). The van der Waals surface area contributed by atoms with Crippen LogP contribution < -0.4 is 5.73 Å². The summed E-state index contributed by atoms with van der Waals surface area (Å²) in [5.74, 6) is 0.802. The van der Waals surface area contributed by atoms with Crippen molar-refractivity contribution in [3.63, 3.8) is 0 Å². The largest absolute Gasteiger partial charge is 0.326 e. The highest BCUT2D eigenvalue weighted by atomic mass is 32.2. The fourth-order valence-corrected chi connectivity index (χ4v) is 3.43. The quantitative estimate of drug-likeness (QED) is 0.945. The van der Waals surface area contributed by atoms with Crippen LogP contribution in [-0.2, 0) is 19.5 Å². The minimum absolute atomic E-state index is 0.255. The lowest BCUT2D eigenvalue weighted by Gasteiger charge is -2.09. The molecule has 20 heavy (non-hydrogen) atoms. The fraction of sp³-hybridized carbons (Fsp3) is 0.429. The molecule has 0 spiro atoms. The van der Waals surface area contributed by atoms with Gasteiger partial charge in [0.1, 0.15) is 11.6 Å². The van der Waals surface area contributed by atoms with Gasteiger partial charge in [-0.15, -0.1) is 10.2 Å². The fourth-order valence-electron chi connectivity index (χ4n) is 2.44. The maximum atomic E-state index is 13.2. The van der Waals surface area contributed by atoms with Crippen LogP contribution in [0.25, 0.3) is 0 Å². The average molecular weight is 292 g/mol. The summed E-state index contributed by atoms with van der Waals surface area (Å²) in [6.45, 7) is 1.28. The summed E-state index contributed by atoms with van der Waals surface area (Å²) in [6, 6.07) is 4.71. The summed E-state index contributed by atoms with van der Waals surface area (Å²) in [5, 5.41) is 9.42. The zero-order chi connectivity index (χ0) is 13.9. The topological polar surface area (TPSA) is 56.7 Å². The van der Waals surface area contributed by atoms with Gasteiger partial charge in [-0.05, 0) is 48.4 Å². The number of fused-ring (bicyclic) bond motifs is 1. The molecular weight excluding hydrogens is 275 g/mol. The molecule has 1 aromatic carbocycles. The lowest BCUT2D eigenvalue weighted by Crippen LogP contribution is -2.03. The molecule has 106 valence electrons. The van der Waals surface area contributed by atoms with Gasteiger partial charge >= 0.3 is 0 Å². The molecule has 0 saturated heterocycles. The van der Waals surface area contributed by atoms with Crippen molar-refractivity contribution < 1.29 is 4.39 Å². The minimum Gasteiger partial charge on any atom is -0.326 e. The van der Waals surface area contributed by atoms with Crippen LogP contribution >= 0.6 is 11.8 Å². The van der Waals surface area contributed by atoms with Gasteiger partial charge in [-0.25, -0.2) is 4.39 Å². The van der Waals surface area contributed by atoms with E-state index in [2.05, 4.69) is 14.8 Å². The molecule has 2 heterocycles. The van der Waals surface area contributed by atoms with Gasteiger partial charge in [0, 0.05) is 24.4 Å². The van der Waals surface area contributed by atoms with Gasteiger partial charge in [0.15, 0.2) is 5.16 Å². The standard InChI is InChI=1S/C14H17FN4S/c15-11-5-6-12(10(8-11)9-16)20-14-18-17-13-4-2-1-3-7-19(13)14/h5-6,8H,1-4,7,9,16H2. The monoisotopic (exact) mass is 292 g/mol. The summed E-state index contributed by atoms with van der Waals surface area (Å²) in [6.07, 6.45) is 4.55. The molecule has 1 aliphatic rings. The van der Waals surface area contributed by atoms with Crippen molar-refractivity contribution in [1.29, 1.82) is 0 Å². The van der Waals surface area contributed by atoms with Crippen molar-refractivity contribution >= 4 is 11.8 Å². The molecule has 0 amide bonds. The summed E-state index contributed by atoms with van der Waals surface area (Å²) >= 11 is 1.52. The van der Waals surface area contributed by atoms with E-state index in [-0.39, 0.29) is 5.82 Å². The van der Waals surface area contributed by atoms with Gasteiger partial charge in [-0.2, -0.15) is 0 Å². The van der Waals surface area contributed by atoms with E-state index in [4.69, 9.17) is 5.73 Å². The highest BCUT2D eigenvalue weighted by Crippen LogP contribution is 2.31. The molecule has 1 aliphatic heterocycles. The summed E-state index contributed by atoms with van der Waals surface area (Å²) in [7, 11) is 0. The van der Waals surface area contributed by atoms with Crippen molar-refractivity contribution in [3.05, 3.63) is 35.4 Å². The van der Waals surface area contributed by atoms with Crippen molar-refractivity contribution in [2.24, 2.45) is 5.73 Å². The Morgan fingerprint density at radius 2 is 2.15 bits per heavy atom. The molecule has 0 atom stereocenters. The van der Waals surface area contributed by atoms with E-state index in [1.807, 2.05) is 0 Å². The van der Waals surface area contributed by atoms with E-state index in [1.54, 1.807) is 6.07 Å². The number of aryl methyl sites for hydroxylation is 1. The van der Waals surface area contributed by atoms with Crippen molar-refractivity contribution in [2.45, 2.75) is 48.8 Å². The molecule has 0 aliphatic carbocycles. The van der Waals surface area contributed by atoms with E-state index in [0.717, 1.165) is 40.8 Å². The lowest BCUT2D eigenvalue weighted by molar-refractivity contribution is 0.590. The van der Waals surface area contributed by atoms with Crippen LogP contribution in [0.15, 0.2) is 28.3 Å². The molecule has 0 radical (unpaired) electrons. The predicted octanol–water partition coefficient (Wildman–Crippen LogP) is 2.75. The highest BCUT2D eigenvalue weighted by Gasteiger charge is 2.16. The second-order valence-electron chi connectivity index (χ2n) is 4.92. The second kappa shape index (κ2) is 5.93. The molecule has 2 aromatic rings. The minimum atomic E-state index is -0.255. The third-order valence-corrected chi connectivity index (χ3v) is 4.62. The SMILES string of the molecule is NCc1cc(F)ccc1Sc1nnc2n1CCCCC2. The second-order valence-corrected chi connectivity index (χ2v) is 5.93. The van der Waals surface area contributed by atoms with Gasteiger partial charge < -0.3 is 10.3 Å². The van der Waals surface area contributed by atoms with Crippen molar-refractivity contribution in [3.8, 4) is 0 Å². The maximum absolute atomic E-state index is 13.2. The average Bonchev–Trinajstić information content (AvgIpc) is 2.69. The molecule has 0 bridgehead atoms. The van der Waals surface area contributed by atoms with Crippen LogP contribution in [0.2, 0.25) is 0 Å². The normalized spacial score (nSPS) is 14.9. The van der Waals surface area contributed by atoms with Crippen LogP contribution in [0, 0.1) is 5.82 Å². The van der Waals surface area contributed by atoms with Gasteiger partial charge in [0.2, 0.25) is 0 Å². The Balaban J connectivity index is 1.90. The maximum Gasteiger partial charge on any atom is 0.196 e. The number of hydrogen-bond acceptors (Lipinski definition) is 4. The van der Waals surface area contributed by atoms with Crippen molar-refractivity contribution in [2.75, 3.05) is 0 Å². The van der Waals surface area contributed by atoms with Gasteiger partial charge in [0.05, 0.1) is 0 Å². The molecule has 0 saturated carbocycles. The Labute approximate surface area is 121 Å². The zero-order valence-electron chi connectivity index (χ0n) is 11.2. The van der Waals surface area contributed by atoms with Gasteiger partial charge in [-0.1, -0.05) is 6.42 Å². The van der Waals surface area contributed by atoms with E-state index >= 15 is 0 Å². The van der Waals surface area contributed by atoms with Crippen LogP contribution in [0.4, 0.5) is 4.39 Å². The third kappa shape index (κ3) is 2.71. The summed E-state index contributed by atoms with van der Waals surface area (Å²) in [5.41, 5.74) is 6.49. The van der Waals surface area contributed by atoms with E-state index in [0.29, 0.717) is 6.54 Å². The molecular formula is C14H17FN4S. The van der Waals surface area contributed by atoms with Crippen molar-refractivity contribution in [1.82, 2.24) is 14.8 Å². The zero-order valence-corrected chi connectivity index (χ0v) is 12.0. The Morgan fingerprint density at radius 1 is 1.25 bits per heavy atom. The molecule has 6 heteroatoms. The highest BCUT2D eigenvalue weighted by molar-refractivity contribution is 7.99. The first-order valence-electron chi connectivity index (χ1n) is 6.86. The third-order valence-electron chi connectivity index (χ3n) is 3.52. The summed E-state index contributed by atoms with van der Waals surface area (Å²) in [4.78, 5) is 0.952. The van der Waals surface area contributed by atoms with E-state index in [1.165, 1.54) is 36.7 Å². The Hall–Kier alpha value is -1.40. The Morgan fingerprint density at radius 3 is 3.00 bits per heavy atom. The molecule has 2 N–H and O–H groups in total. The summed E-state index contributed by atoms with van der Waals surface area (Å²) < 4.78 is 15.4.